The highest BCUT2D eigenvalue weighted by Crippen LogP contribution is 2.29. The number of aromatic nitrogens is 2. The van der Waals surface area contributed by atoms with Crippen LogP contribution in [-0.2, 0) is 13.6 Å². The molecule has 0 spiro atoms. The van der Waals surface area contributed by atoms with Crippen molar-refractivity contribution in [2.24, 2.45) is 7.05 Å². The minimum atomic E-state index is -0.743. The molecule has 0 radical (unpaired) electrons. The number of aryl methyl sites for hydroxylation is 1. The van der Waals surface area contributed by atoms with Crippen LogP contribution in [0.3, 0.4) is 0 Å². The maximum atomic E-state index is 11.9. The number of carbonyl (C=O) groups excluding carboxylic acids is 1. The van der Waals surface area contributed by atoms with Crippen molar-refractivity contribution in [3.05, 3.63) is 51.8 Å². The number of phenolic OH excluding ortho intramolecular Hbond substituents is 1. The fraction of sp³-hybridized carbons (Fsp3) is 0.167. The predicted octanol–water partition coefficient (Wildman–Crippen LogP) is 0.964. The summed E-state index contributed by atoms with van der Waals surface area (Å²) in [5.41, 5.74) is 0.146. The van der Waals surface area contributed by atoms with Crippen molar-refractivity contribution in [3.8, 4) is 5.75 Å². The molecule has 2 N–H and O–H groups in total. The largest absolute Gasteiger partial charge is 0.502 e. The van der Waals surface area contributed by atoms with Crippen molar-refractivity contribution in [2.75, 3.05) is 0 Å². The standard InChI is InChI=1S/C12H12N4O4/c1-15-7-8(6-14-15)5-13-12(18)9-3-2-4-10(11(9)17)16(19)20/h2-4,6-7,17H,5H2,1H3,(H,13,18). The van der Waals surface area contributed by atoms with Gasteiger partial charge in [-0.25, -0.2) is 0 Å². The fourth-order valence-electron chi connectivity index (χ4n) is 1.70. The van der Waals surface area contributed by atoms with Crippen LogP contribution in [0.25, 0.3) is 0 Å². The van der Waals surface area contributed by atoms with Crippen LogP contribution in [0.5, 0.6) is 5.75 Å². The first-order valence-corrected chi connectivity index (χ1v) is 5.71. The molecule has 1 aromatic carbocycles. The number of nitrogens with zero attached hydrogens (tertiary/aromatic N) is 3. The number of para-hydroxylation sites is 1. The van der Waals surface area contributed by atoms with Gasteiger partial charge in [0.25, 0.3) is 5.91 Å². The summed E-state index contributed by atoms with van der Waals surface area (Å²) >= 11 is 0. The lowest BCUT2D eigenvalue weighted by atomic mass is 10.1. The summed E-state index contributed by atoms with van der Waals surface area (Å²) < 4.78 is 1.59. The summed E-state index contributed by atoms with van der Waals surface area (Å²) in [5.74, 6) is -1.23. The van der Waals surface area contributed by atoms with Crippen molar-refractivity contribution in [3.63, 3.8) is 0 Å². The summed E-state index contributed by atoms with van der Waals surface area (Å²) in [6.45, 7) is 0.217. The van der Waals surface area contributed by atoms with E-state index >= 15 is 0 Å². The summed E-state index contributed by atoms with van der Waals surface area (Å²) in [7, 11) is 1.75. The molecule has 0 unspecified atom stereocenters. The number of nitrogens with one attached hydrogen (secondary N) is 1. The molecule has 8 heteroatoms. The monoisotopic (exact) mass is 276 g/mol. The van der Waals surface area contributed by atoms with Gasteiger partial charge in [-0.05, 0) is 6.07 Å². The lowest BCUT2D eigenvalue weighted by Gasteiger charge is -2.05. The highest BCUT2D eigenvalue weighted by molar-refractivity contribution is 5.98. The second-order valence-corrected chi connectivity index (χ2v) is 4.14. The van der Waals surface area contributed by atoms with Crippen LogP contribution in [0, 0.1) is 10.1 Å². The molecule has 0 aliphatic carbocycles. The molecular formula is C12H12N4O4. The Bertz CT molecular complexity index is 665. The number of hydrogen-bond acceptors (Lipinski definition) is 5. The molecule has 0 saturated carbocycles. The molecule has 8 nitrogen and oxygen atoms in total. The first-order valence-electron chi connectivity index (χ1n) is 5.71. The Morgan fingerprint density at radius 3 is 2.90 bits per heavy atom. The van der Waals surface area contributed by atoms with Crippen LogP contribution >= 0.6 is 0 Å². The Labute approximate surface area is 113 Å². The quantitative estimate of drug-likeness (QED) is 0.638. The molecule has 20 heavy (non-hydrogen) atoms. The first kappa shape index (κ1) is 13.5. The smallest absolute Gasteiger partial charge is 0.311 e. The lowest BCUT2D eigenvalue weighted by molar-refractivity contribution is -0.385. The molecule has 1 amide bonds. The Kier molecular flexibility index (Phi) is 3.65. The molecule has 0 bridgehead atoms. The van der Waals surface area contributed by atoms with E-state index in [0.29, 0.717) is 0 Å². The summed E-state index contributed by atoms with van der Waals surface area (Å²) in [5, 5.41) is 26.9. The molecule has 0 saturated heterocycles. The minimum Gasteiger partial charge on any atom is -0.502 e. The van der Waals surface area contributed by atoms with E-state index in [4.69, 9.17) is 0 Å². The average molecular weight is 276 g/mol. The highest BCUT2D eigenvalue weighted by atomic mass is 16.6. The Morgan fingerprint density at radius 1 is 1.55 bits per heavy atom. The van der Waals surface area contributed by atoms with E-state index < -0.39 is 22.3 Å². The van der Waals surface area contributed by atoms with Crippen LogP contribution in [0.4, 0.5) is 5.69 Å². The third-order valence-corrected chi connectivity index (χ3v) is 2.67. The molecule has 0 aliphatic heterocycles. The van der Waals surface area contributed by atoms with Gasteiger partial charge in [-0.3, -0.25) is 19.6 Å². The van der Waals surface area contributed by atoms with Gasteiger partial charge in [-0.1, -0.05) is 6.07 Å². The van der Waals surface area contributed by atoms with Crippen LogP contribution in [-0.4, -0.2) is 25.7 Å². The normalized spacial score (nSPS) is 10.2. The predicted molar refractivity (Wildman–Crippen MR) is 69.1 cm³/mol. The number of nitro groups is 1. The maximum Gasteiger partial charge on any atom is 0.311 e. The third-order valence-electron chi connectivity index (χ3n) is 2.67. The van der Waals surface area contributed by atoms with Crippen molar-refractivity contribution >= 4 is 11.6 Å². The van der Waals surface area contributed by atoms with Crippen molar-refractivity contribution in [2.45, 2.75) is 6.54 Å². The van der Waals surface area contributed by atoms with Gasteiger partial charge in [0.1, 0.15) is 0 Å². The molecule has 2 aromatic rings. The van der Waals surface area contributed by atoms with Crippen LogP contribution in [0.15, 0.2) is 30.6 Å². The Hall–Kier alpha value is -2.90. The van der Waals surface area contributed by atoms with Gasteiger partial charge in [0.2, 0.25) is 5.75 Å². The second kappa shape index (κ2) is 5.39. The van der Waals surface area contributed by atoms with Gasteiger partial charge in [0.15, 0.2) is 0 Å². The number of phenols is 1. The number of amides is 1. The van der Waals surface area contributed by atoms with Gasteiger partial charge in [-0.2, -0.15) is 5.10 Å². The fourth-order valence-corrected chi connectivity index (χ4v) is 1.70. The summed E-state index contributed by atoms with van der Waals surface area (Å²) in [4.78, 5) is 21.8. The van der Waals surface area contributed by atoms with Gasteiger partial charge in [0, 0.05) is 31.4 Å². The van der Waals surface area contributed by atoms with Gasteiger partial charge >= 0.3 is 5.69 Å². The van der Waals surface area contributed by atoms with Crippen molar-refractivity contribution in [1.29, 1.82) is 0 Å². The third kappa shape index (κ3) is 2.74. The number of benzene rings is 1. The molecule has 1 aromatic heterocycles. The van der Waals surface area contributed by atoms with E-state index in [-0.39, 0.29) is 12.1 Å². The first-order chi connectivity index (χ1) is 9.49. The minimum absolute atomic E-state index is 0.136. The molecule has 104 valence electrons. The van der Waals surface area contributed by atoms with E-state index in [1.54, 1.807) is 24.1 Å². The van der Waals surface area contributed by atoms with Gasteiger partial charge in [0.05, 0.1) is 16.7 Å². The van der Waals surface area contributed by atoms with Crippen LogP contribution < -0.4 is 5.32 Å². The highest BCUT2D eigenvalue weighted by Gasteiger charge is 2.20. The van der Waals surface area contributed by atoms with E-state index in [1.165, 1.54) is 12.1 Å². The topological polar surface area (TPSA) is 110 Å². The van der Waals surface area contributed by atoms with E-state index in [1.807, 2.05) is 0 Å². The zero-order valence-electron chi connectivity index (χ0n) is 10.6. The Morgan fingerprint density at radius 2 is 2.30 bits per heavy atom. The zero-order valence-corrected chi connectivity index (χ0v) is 10.6. The van der Waals surface area contributed by atoms with Crippen molar-refractivity contribution in [1.82, 2.24) is 15.1 Å². The molecular weight excluding hydrogens is 264 g/mol. The number of hydrogen-bond donors (Lipinski definition) is 2. The molecule has 0 aliphatic rings. The molecule has 0 atom stereocenters. The number of nitro benzene ring substituents is 1. The van der Waals surface area contributed by atoms with Crippen LogP contribution in [0.1, 0.15) is 15.9 Å². The average Bonchev–Trinajstić information content (AvgIpc) is 2.81. The van der Waals surface area contributed by atoms with Gasteiger partial charge < -0.3 is 10.4 Å². The number of carbonyl (C=O) groups is 1. The maximum absolute atomic E-state index is 11.9. The van der Waals surface area contributed by atoms with E-state index in [2.05, 4.69) is 10.4 Å². The van der Waals surface area contributed by atoms with Crippen molar-refractivity contribution < 1.29 is 14.8 Å². The molecule has 1 heterocycles. The summed E-state index contributed by atoms with van der Waals surface area (Å²) in [6, 6.07) is 3.80. The Balaban J connectivity index is 2.13. The van der Waals surface area contributed by atoms with E-state index in [0.717, 1.165) is 11.6 Å². The van der Waals surface area contributed by atoms with E-state index in [9.17, 15) is 20.0 Å². The van der Waals surface area contributed by atoms with Crippen LogP contribution in [0.2, 0.25) is 0 Å². The number of rotatable bonds is 4. The lowest BCUT2D eigenvalue weighted by Crippen LogP contribution is -2.22. The SMILES string of the molecule is Cn1cc(CNC(=O)c2cccc([N+](=O)[O-])c2O)cn1. The molecule has 0 fully saturated rings. The molecule has 2 rings (SSSR count). The number of aromatic hydroxyl groups is 1. The van der Waals surface area contributed by atoms with Gasteiger partial charge in [-0.15, -0.1) is 0 Å². The zero-order chi connectivity index (χ0) is 14.7. The second-order valence-electron chi connectivity index (χ2n) is 4.14. The summed E-state index contributed by atoms with van der Waals surface area (Å²) in [6.07, 6.45) is 3.32.